The Labute approximate surface area is 196 Å². The highest BCUT2D eigenvalue weighted by Crippen LogP contribution is 2.26. The lowest BCUT2D eigenvalue weighted by Crippen LogP contribution is -2.49. The van der Waals surface area contributed by atoms with Crippen molar-refractivity contribution in [1.82, 2.24) is 20.0 Å². The largest absolute Gasteiger partial charge is 0.352 e. The molecule has 3 amide bonds. The first-order valence-electron chi connectivity index (χ1n) is 10.1. The van der Waals surface area contributed by atoms with Gasteiger partial charge in [0.1, 0.15) is 6.04 Å². The number of nitrogens with zero attached hydrogens (tertiary/aromatic N) is 3. The molecule has 0 saturated carbocycles. The molecule has 0 spiro atoms. The quantitative estimate of drug-likeness (QED) is 0.494. The average molecular weight is 472 g/mol. The summed E-state index contributed by atoms with van der Waals surface area (Å²) in [4.78, 5) is 26.0. The van der Waals surface area contributed by atoms with Gasteiger partial charge in [-0.25, -0.2) is 9.48 Å². The van der Waals surface area contributed by atoms with E-state index in [9.17, 15) is 9.59 Å². The molecule has 3 N–H and O–H groups in total. The first-order valence-corrected chi connectivity index (χ1v) is 11.9. The van der Waals surface area contributed by atoms with Crippen molar-refractivity contribution in [2.45, 2.75) is 19.0 Å². The van der Waals surface area contributed by atoms with E-state index in [4.69, 9.17) is 22.4 Å². The van der Waals surface area contributed by atoms with Gasteiger partial charge in [0.15, 0.2) is 0 Å². The summed E-state index contributed by atoms with van der Waals surface area (Å²) in [6.07, 6.45) is 4.37. The topological polar surface area (TPSA) is 93.2 Å². The van der Waals surface area contributed by atoms with Crippen LogP contribution in [-0.2, 0) is 11.3 Å². The van der Waals surface area contributed by atoms with Gasteiger partial charge in [0.2, 0.25) is 5.91 Å². The Bertz CT molecular complexity index is 1060. The number of para-hydroxylation sites is 1. The number of urea groups is 1. The summed E-state index contributed by atoms with van der Waals surface area (Å²) in [5, 5.41) is 7.98. The molecule has 0 saturated heterocycles. The molecule has 3 rings (SSSR count). The van der Waals surface area contributed by atoms with Crippen molar-refractivity contribution in [3.05, 3.63) is 71.4 Å². The van der Waals surface area contributed by atoms with Gasteiger partial charge in [0.25, 0.3) is 0 Å². The smallest absolute Gasteiger partial charge is 0.312 e. The summed E-state index contributed by atoms with van der Waals surface area (Å²) in [7, 11) is 1.71. The molecule has 0 bridgehead atoms. The Morgan fingerprint density at radius 2 is 1.88 bits per heavy atom. The van der Waals surface area contributed by atoms with Crippen LogP contribution in [0, 0.1) is 0 Å². The number of hydrogen-bond donors (Lipinski definition) is 2. The number of rotatable bonds is 9. The van der Waals surface area contributed by atoms with Gasteiger partial charge in [-0.3, -0.25) is 4.79 Å². The first kappa shape index (κ1) is 23.7. The van der Waals surface area contributed by atoms with Gasteiger partial charge in [-0.05, 0) is 42.7 Å². The number of amides is 3. The zero-order chi connectivity index (χ0) is 23.1. The lowest BCUT2D eigenvalue weighted by molar-refractivity contribution is -0.132. The third-order valence-electron chi connectivity index (χ3n) is 4.94. The molecule has 9 heteroatoms. The average Bonchev–Trinajstić information content (AvgIpc) is 3.20. The number of nitrogens with two attached hydrogens (primary N) is 1. The van der Waals surface area contributed by atoms with E-state index in [1.165, 1.54) is 0 Å². The summed E-state index contributed by atoms with van der Waals surface area (Å²) < 4.78 is 1.80. The van der Waals surface area contributed by atoms with Crippen molar-refractivity contribution in [3.63, 3.8) is 0 Å². The SMILES string of the molecule is CSCC[C@H](NC(N)=O)C(=O)N(C)Cc1cn(-c2ccccc2)nc1-c1ccc(Cl)cc1. The summed E-state index contributed by atoms with van der Waals surface area (Å²) in [5.74, 6) is 0.527. The predicted molar refractivity (Wildman–Crippen MR) is 130 cm³/mol. The fourth-order valence-electron chi connectivity index (χ4n) is 3.35. The van der Waals surface area contributed by atoms with E-state index in [2.05, 4.69) is 5.32 Å². The van der Waals surface area contributed by atoms with Crippen LogP contribution < -0.4 is 11.1 Å². The Kier molecular flexibility index (Phi) is 8.19. The van der Waals surface area contributed by atoms with Crippen molar-refractivity contribution in [3.8, 4) is 16.9 Å². The second kappa shape index (κ2) is 11.1. The Morgan fingerprint density at radius 3 is 2.50 bits per heavy atom. The van der Waals surface area contributed by atoms with Gasteiger partial charge in [0, 0.05) is 35.9 Å². The van der Waals surface area contributed by atoms with Crippen LogP contribution in [-0.4, -0.2) is 51.7 Å². The van der Waals surface area contributed by atoms with Gasteiger partial charge < -0.3 is 16.0 Å². The second-order valence-corrected chi connectivity index (χ2v) is 8.75. The summed E-state index contributed by atoms with van der Waals surface area (Å²) in [6, 6.07) is 15.8. The number of carbonyl (C=O) groups is 2. The maximum absolute atomic E-state index is 13.1. The van der Waals surface area contributed by atoms with Crippen molar-refractivity contribution in [1.29, 1.82) is 0 Å². The van der Waals surface area contributed by atoms with E-state index >= 15 is 0 Å². The van der Waals surface area contributed by atoms with E-state index in [1.807, 2.05) is 67.0 Å². The molecule has 0 aliphatic heterocycles. The number of thioether (sulfide) groups is 1. The van der Waals surface area contributed by atoms with Crippen LogP contribution in [0.3, 0.4) is 0 Å². The highest BCUT2D eigenvalue weighted by atomic mass is 35.5. The van der Waals surface area contributed by atoms with E-state index < -0.39 is 12.1 Å². The maximum atomic E-state index is 13.1. The molecule has 0 aliphatic carbocycles. The molecule has 2 aromatic carbocycles. The molecule has 1 atom stereocenters. The molecule has 1 aromatic heterocycles. The second-order valence-electron chi connectivity index (χ2n) is 7.33. The number of nitrogens with one attached hydrogen (secondary N) is 1. The molecule has 0 fully saturated rings. The van der Waals surface area contributed by atoms with Crippen LogP contribution in [0.1, 0.15) is 12.0 Å². The fourth-order valence-corrected chi connectivity index (χ4v) is 3.95. The van der Waals surface area contributed by atoms with Crippen molar-refractivity contribution in [2.75, 3.05) is 19.1 Å². The first-order chi connectivity index (χ1) is 15.4. The van der Waals surface area contributed by atoms with Crippen LogP contribution in [0.5, 0.6) is 0 Å². The molecule has 0 radical (unpaired) electrons. The minimum absolute atomic E-state index is 0.202. The van der Waals surface area contributed by atoms with Crippen molar-refractivity contribution < 1.29 is 9.59 Å². The highest BCUT2D eigenvalue weighted by molar-refractivity contribution is 7.98. The van der Waals surface area contributed by atoms with Crippen LogP contribution in [0.25, 0.3) is 16.9 Å². The van der Waals surface area contributed by atoms with Gasteiger partial charge in [0.05, 0.1) is 11.4 Å². The van der Waals surface area contributed by atoms with Gasteiger partial charge >= 0.3 is 6.03 Å². The Hall–Kier alpha value is -2.97. The summed E-state index contributed by atoms with van der Waals surface area (Å²) >= 11 is 7.66. The number of aromatic nitrogens is 2. The van der Waals surface area contributed by atoms with Crippen LogP contribution in [0.2, 0.25) is 5.02 Å². The molecule has 1 heterocycles. The number of halogens is 1. The third-order valence-corrected chi connectivity index (χ3v) is 5.83. The highest BCUT2D eigenvalue weighted by Gasteiger charge is 2.24. The maximum Gasteiger partial charge on any atom is 0.312 e. The monoisotopic (exact) mass is 471 g/mol. The molecule has 168 valence electrons. The zero-order valence-corrected chi connectivity index (χ0v) is 19.6. The molecule has 32 heavy (non-hydrogen) atoms. The predicted octanol–water partition coefficient (Wildman–Crippen LogP) is 3.94. The van der Waals surface area contributed by atoms with Crippen LogP contribution >= 0.6 is 23.4 Å². The van der Waals surface area contributed by atoms with E-state index in [0.717, 1.165) is 28.3 Å². The number of hydrogen-bond acceptors (Lipinski definition) is 4. The van der Waals surface area contributed by atoms with Crippen molar-refractivity contribution >= 4 is 35.3 Å². The molecule has 0 unspecified atom stereocenters. The van der Waals surface area contributed by atoms with Gasteiger partial charge in [-0.2, -0.15) is 16.9 Å². The van der Waals surface area contributed by atoms with E-state index in [0.29, 0.717) is 18.0 Å². The summed E-state index contributed by atoms with van der Waals surface area (Å²) in [6.45, 7) is 0.319. The lowest BCUT2D eigenvalue weighted by atomic mass is 10.1. The van der Waals surface area contributed by atoms with E-state index in [1.54, 1.807) is 28.4 Å². The number of carbonyl (C=O) groups excluding carboxylic acids is 2. The zero-order valence-electron chi connectivity index (χ0n) is 18.0. The normalized spacial score (nSPS) is 11.7. The van der Waals surface area contributed by atoms with Crippen LogP contribution in [0.15, 0.2) is 60.8 Å². The molecular formula is C23H26ClN5O2S. The molecule has 7 nitrogen and oxygen atoms in total. The molecule has 0 aliphatic rings. The lowest BCUT2D eigenvalue weighted by Gasteiger charge is -2.24. The third kappa shape index (κ3) is 6.05. The summed E-state index contributed by atoms with van der Waals surface area (Å²) in [5.41, 5.74) is 8.72. The minimum atomic E-state index is -0.711. The van der Waals surface area contributed by atoms with Crippen LogP contribution in [0.4, 0.5) is 4.79 Å². The van der Waals surface area contributed by atoms with Gasteiger partial charge in [-0.15, -0.1) is 0 Å². The van der Waals surface area contributed by atoms with Crippen molar-refractivity contribution in [2.24, 2.45) is 5.73 Å². The Morgan fingerprint density at radius 1 is 1.19 bits per heavy atom. The number of benzene rings is 2. The molecule has 3 aromatic rings. The number of likely N-dealkylation sites (N-methyl/N-ethyl adjacent to an activating group) is 1. The number of primary amides is 1. The minimum Gasteiger partial charge on any atom is -0.352 e. The fraction of sp³-hybridized carbons (Fsp3) is 0.261. The Balaban J connectivity index is 1.91. The van der Waals surface area contributed by atoms with Gasteiger partial charge in [-0.1, -0.05) is 41.9 Å². The standard InChI is InChI=1S/C23H26ClN5O2S/c1-28(22(30)20(12-13-32-2)26-23(25)31)14-17-15-29(19-6-4-3-5-7-19)27-21(17)16-8-10-18(24)11-9-16/h3-11,15,20H,12-14H2,1-2H3,(H3,25,26,31)/t20-/m0/s1. The molecular weight excluding hydrogens is 446 g/mol. The van der Waals surface area contributed by atoms with E-state index in [-0.39, 0.29) is 5.91 Å².